The molecule has 1 N–H and O–H groups in total. The van der Waals surface area contributed by atoms with Crippen LogP contribution in [0.25, 0.3) is 11.0 Å². The van der Waals surface area contributed by atoms with Crippen LogP contribution in [0.4, 0.5) is 5.82 Å². The molecular formula is C14H16Cl2N4O. The summed E-state index contributed by atoms with van der Waals surface area (Å²) < 4.78 is 5.33. The van der Waals surface area contributed by atoms with Crippen molar-refractivity contribution in [2.24, 2.45) is 0 Å². The predicted molar refractivity (Wildman–Crippen MR) is 85.3 cm³/mol. The van der Waals surface area contributed by atoms with Gasteiger partial charge < -0.3 is 10.1 Å². The van der Waals surface area contributed by atoms with Crippen LogP contribution in [0, 0.1) is 0 Å². The molecular weight excluding hydrogens is 311 g/mol. The van der Waals surface area contributed by atoms with E-state index in [1.807, 2.05) is 0 Å². The molecule has 0 bridgehead atoms. The number of nitrogens with zero attached hydrogens (tertiary/aromatic N) is 3. The number of halogens is 2. The molecule has 0 spiro atoms. The highest BCUT2D eigenvalue weighted by molar-refractivity contribution is 6.42. The van der Waals surface area contributed by atoms with E-state index >= 15 is 0 Å². The highest BCUT2D eigenvalue weighted by Crippen LogP contribution is 2.26. The molecule has 2 heterocycles. The minimum absolute atomic E-state index is 0.490. The van der Waals surface area contributed by atoms with Crippen molar-refractivity contribution in [3.05, 3.63) is 28.4 Å². The molecule has 1 aliphatic rings. The molecule has 0 radical (unpaired) electrons. The minimum Gasteiger partial charge on any atom is -0.379 e. The third-order valence-corrected chi connectivity index (χ3v) is 4.14. The number of anilines is 1. The molecule has 0 atom stereocenters. The summed E-state index contributed by atoms with van der Waals surface area (Å²) in [6.45, 7) is 5.38. The second-order valence-corrected chi connectivity index (χ2v) is 5.71. The van der Waals surface area contributed by atoms with Crippen molar-refractivity contribution in [3.8, 4) is 0 Å². The fraction of sp³-hybridized carbons (Fsp3) is 0.429. The minimum atomic E-state index is 0.490. The molecule has 0 unspecified atom stereocenters. The number of morpholine rings is 1. The average Bonchev–Trinajstić information content (AvgIpc) is 2.50. The second kappa shape index (κ2) is 6.75. The fourth-order valence-electron chi connectivity index (χ4n) is 2.26. The lowest BCUT2D eigenvalue weighted by Gasteiger charge is -2.26. The van der Waals surface area contributed by atoms with Crippen LogP contribution in [-0.2, 0) is 4.74 Å². The molecule has 1 aromatic carbocycles. The standard InChI is InChI=1S/C14H16Cl2N4O/c15-10-7-12-13(8-11(10)16)19-14(9-18-12)17-1-2-20-3-5-21-6-4-20/h7-9H,1-6H2,(H,17,19). The molecule has 1 saturated heterocycles. The van der Waals surface area contributed by atoms with Crippen molar-refractivity contribution >= 4 is 40.1 Å². The first-order valence-electron chi connectivity index (χ1n) is 6.88. The zero-order valence-electron chi connectivity index (χ0n) is 11.5. The molecule has 0 saturated carbocycles. The monoisotopic (exact) mass is 326 g/mol. The van der Waals surface area contributed by atoms with Gasteiger partial charge in [-0.2, -0.15) is 0 Å². The van der Waals surface area contributed by atoms with Crippen LogP contribution >= 0.6 is 23.2 Å². The van der Waals surface area contributed by atoms with Crippen LogP contribution in [0.15, 0.2) is 18.3 Å². The van der Waals surface area contributed by atoms with Gasteiger partial charge in [0.25, 0.3) is 0 Å². The Morgan fingerprint density at radius 1 is 1.14 bits per heavy atom. The maximum Gasteiger partial charge on any atom is 0.145 e. The zero-order chi connectivity index (χ0) is 14.7. The highest BCUT2D eigenvalue weighted by atomic mass is 35.5. The number of fused-ring (bicyclic) bond motifs is 1. The molecule has 7 heteroatoms. The van der Waals surface area contributed by atoms with E-state index in [1.54, 1.807) is 18.3 Å². The number of benzene rings is 1. The second-order valence-electron chi connectivity index (χ2n) is 4.89. The Bertz CT molecular complexity index is 632. The van der Waals surface area contributed by atoms with E-state index in [9.17, 15) is 0 Å². The smallest absolute Gasteiger partial charge is 0.145 e. The summed E-state index contributed by atoms with van der Waals surface area (Å²) in [6.07, 6.45) is 1.71. The quantitative estimate of drug-likeness (QED) is 0.936. The predicted octanol–water partition coefficient (Wildman–Crippen LogP) is 2.68. The topological polar surface area (TPSA) is 50.3 Å². The molecule has 1 fully saturated rings. The van der Waals surface area contributed by atoms with E-state index in [4.69, 9.17) is 27.9 Å². The average molecular weight is 327 g/mol. The van der Waals surface area contributed by atoms with Crippen LogP contribution in [0.1, 0.15) is 0 Å². The van der Waals surface area contributed by atoms with Gasteiger partial charge in [0, 0.05) is 26.2 Å². The normalized spacial score (nSPS) is 16.3. The van der Waals surface area contributed by atoms with Crippen LogP contribution in [0.3, 0.4) is 0 Å². The van der Waals surface area contributed by atoms with E-state index in [0.717, 1.165) is 56.2 Å². The van der Waals surface area contributed by atoms with Crippen molar-refractivity contribution in [1.29, 1.82) is 0 Å². The third-order valence-electron chi connectivity index (χ3n) is 3.42. The molecule has 0 amide bonds. The summed E-state index contributed by atoms with van der Waals surface area (Å²) in [5.41, 5.74) is 1.48. The number of aromatic nitrogens is 2. The van der Waals surface area contributed by atoms with Gasteiger partial charge in [-0.1, -0.05) is 23.2 Å². The first-order chi connectivity index (χ1) is 10.2. The number of rotatable bonds is 4. The Morgan fingerprint density at radius 3 is 2.62 bits per heavy atom. The summed E-state index contributed by atoms with van der Waals surface area (Å²) in [7, 11) is 0. The SMILES string of the molecule is Clc1cc2ncc(NCCN3CCOCC3)nc2cc1Cl. The van der Waals surface area contributed by atoms with Gasteiger partial charge in [-0.15, -0.1) is 0 Å². The van der Waals surface area contributed by atoms with E-state index in [-0.39, 0.29) is 0 Å². The molecule has 112 valence electrons. The molecule has 21 heavy (non-hydrogen) atoms. The molecule has 5 nitrogen and oxygen atoms in total. The molecule has 1 aliphatic heterocycles. The number of ether oxygens (including phenoxy) is 1. The van der Waals surface area contributed by atoms with Crippen LogP contribution in [0.5, 0.6) is 0 Å². The Kier molecular flexibility index (Phi) is 4.75. The lowest BCUT2D eigenvalue weighted by molar-refractivity contribution is 0.0398. The van der Waals surface area contributed by atoms with Crippen molar-refractivity contribution in [2.45, 2.75) is 0 Å². The molecule has 0 aliphatic carbocycles. The van der Waals surface area contributed by atoms with Gasteiger partial charge >= 0.3 is 0 Å². The van der Waals surface area contributed by atoms with E-state index < -0.39 is 0 Å². The van der Waals surface area contributed by atoms with Gasteiger partial charge in [-0.3, -0.25) is 9.88 Å². The van der Waals surface area contributed by atoms with Crippen molar-refractivity contribution in [3.63, 3.8) is 0 Å². The van der Waals surface area contributed by atoms with E-state index in [0.29, 0.717) is 10.0 Å². The van der Waals surface area contributed by atoms with Crippen LogP contribution < -0.4 is 5.32 Å². The molecule has 3 rings (SSSR count). The zero-order valence-corrected chi connectivity index (χ0v) is 13.0. The third kappa shape index (κ3) is 3.74. The first kappa shape index (κ1) is 14.8. The summed E-state index contributed by atoms with van der Waals surface area (Å²) in [5, 5.41) is 4.27. The van der Waals surface area contributed by atoms with Gasteiger partial charge in [0.1, 0.15) is 5.82 Å². The van der Waals surface area contributed by atoms with Crippen LogP contribution in [-0.4, -0.2) is 54.3 Å². The highest BCUT2D eigenvalue weighted by Gasteiger charge is 2.09. The Hall–Kier alpha value is -1.14. The van der Waals surface area contributed by atoms with Crippen molar-refractivity contribution < 1.29 is 4.74 Å². The summed E-state index contributed by atoms with van der Waals surface area (Å²) >= 11 is 12.0. The molecule has 2 aromatic rings. The maximum atomic E-state index is 6.01. The fourth-order valence-corrected chi connectivity index (χ4v) is 2.58. The number of hydrogen-bond donors (Lipinski definition) is 1. The van der Waals surface area contributed by atoms with Gasteiger partial charge in [0.15, 0.2) is 0 Å². The van der Waals surface area contributed by atoms with Crippen molar-refractivity contribution in [1.82, 2.24) is 14.9 Å². The summed E-state index contributed by atoms with van der Waals surface area (Å²) in [6, 6.07) is 3.46. The summed E-state index contributed by atoms with van der Waals surface area (Å²) in [4.78, 5) is 11.2. The Labute approximate surface area is 133 Å². The molecule has 1 aromatic heterocycles. The van der Waals surface area contributed by atoms with Crippen molar-refractivity contribution in [2.75, 3.05) is 44.7 Å². The van der Waals surface area contributed by atoms with Crippen LogP contribution in [0.2, 0.25) is 10.0 Å². The van der Waals surface area contributed by atoms with Gasteiger partial charge in [0.2, 0.25) is 0 Å². The Morgan fingerprint density at radius 2 is 1.86 bits per heavy atom. The van der Waals surface area contributed by atoms with Gasteiger partial charge in [0.05, 0.1) is 40.5 Å². The summed E-state index contributed by atoms with van der Waals surface area (Å²) in [5.74, 6) is 0.745. The lowest BCUT2D eigenvalue weighted by Crippen LogP contribution is -2.39. The number of hydrogen-bond acceptors (Lipinski definition) is 5. The first-order valence-corrected chi connectivity index (χ1v) is 7.64. The largest absolute Gasteiger partial charge is 0.379 e. The van der Waals surface area contributed by atoms with Gasteiger partial charge in [-0.05, 0) is 12.1 Å². The number of nitrogens with one attached hydrogen (secondary N) is 1. The van der Waals surface area contributed by atoms with E-state index in [1.165, 1.54) is 0 Å². The van der Waals surface area contributed by atoms with E-state index in [2.05, 4.69) is 20.2 Å². The Balaban J connectivity index is 1.62. The van der Waals surface area contributed by atoms with Gasteiger partial charge in [-0.25, -0.2) is 4.98 Å². The lowest BCUT2D eigenvalue weighted by atomic mass is 10.3. The maximum absolute atomic E-state index is 6.01.